The average molecular weight is 268 g/mol. The zero-order valence-corrected chi connectivity index (χ0v) is 10.3. The second-order valence-electron chi connectivity index (χ2n) is 4.27. The van der Waals surface area contributed by atoms with Gasteiger partial charge in [0, 0.05) is 5.56 Å². The number of hydrogen-bond donors (Lipinski definition) is 0. The van der Waals surface area contributed by atoms with Gasteiger partial charge in [-0.2, -0.15) is 13.2 Å². The van der Waals surface area contributed by atoms with E-state index in [1.54, 1.807) is 13.0 Å². The van der Waals surface area contributed by atoms with Crippen LogP contribution in [-0.2, 0) is 6.18 Å². The number of rotatable bonds is 2. The Balaban J connectivity index is 2.39. The van der Waals surface area contributed by atoms with E-state index in [0.717, 1.165) is 12.1 Å². The molecule has 1 aromatic carbocycles. The molecule has 0 saturated carbocycles. The van der Waals surface area contributed by atoms with Crippen molar-refractivity contribution in [2.24, 2.45) is 0 Å². The van der Waals surface area contributed by atoms with Crippen molar-refractivity contribution in [2.45, 2.75) is 20.0 Å². The van der Waals surface area contributed by atoms with Gasteiger partial charge in [0.2, 0.25) is 5.78 Å². The van der Waals surface area contributed by atoms with Crippen LogP contribution < -0.4 is 0 Å². The van der Waals surface area contributed by atoms with Crippen LogP contribution in [0.5, 0.6) is 0 Å². The third kappa shape index (κ3) is 2.70. The smallest absolute Gasteiger partial charge is 0.416 e. The average Bonchev–Trinajstić information content (AvgIpc) is 2.73. The summed E-state index contributed by atoms with van der Waals surface area (Å²) < 4.78 is 42.8. The van der Waals surface area contributed by atoms with Gasteiger partial charge in [-0.15, -0.1) is 0 Å². The number of carbonyl (C=O) groups excluding carboxylic acids is 1. The molecule has 0 N–H and O–H groups in total. The van der Waals surface area contributed by atoms with E-state index in [9.17, 15) is 18.0 Å². The Bertz CT molecular complexity index is 624. The zero-order chi connectivity index (χ0) is 14.2. The lowest BCUT2D eigenvalue weighted by Gasteiger charge is -2.09. The molecule has 19 heavy (non-hydrogen) atoms. The molecule has 2 nitrogen and oxygen atoms in total. The van der Waals surface area contributed by atoms with Crippen molar-refractivity contribution in [3.8, 4) is 0 Å². The molecule has 100 valence electrons. The number of benzene rings is 1. The highest BCUT2D eigenvalue weighted by atomic mass is 19.4. The number of hydrogen-bond acceptors (Lipinski definition) is 2. The number of carbonyl (C=O) groups is 1. The third-order valence-electron chi connectivity index (χ3n) is 2.76. The van der Waals surface area contributed by atoms with Crippen LogP contribution in [0.25, 0.3) is 0 Å². The summed E-state index contributed by atoms with van der Waals surface area (Å²) in [6.45, 7) is 3.16. The monoisotopic (exact) mass is 268 g/mol. The molecule has 0 unspecified atom stereocenters. The Morgan fingerprint density at radius 3 is 2.26 bits per heavy atom. The molecule has 2 aromatic rings. The van der Waals surface area contributed by atoms with Gasteiger partial charge in [-0.05, 0) is 43.7 Å². The van der Waals surface area contributed by atoms with E-state index in [1.807, 2.05) is 0 Å². The van der Waals surface area contributed by atoms with Crippen LogP contribution in [-0.4, -0.2) is 5.78 Å². The number of furan rings is 1. The van der Waals surface area contributed by atoms with E-state index in [0.29, 0.717) is 5.76 Å². The Morgan fingerprint density at radius 1 is 1.11 bits per heavy atom. The first-order valence-corrected chi connectivity index (χ1v) is 5.58. The molecule has 0 fully saturated rings. The highest BCUT2D eigenvalue weighted by Crippen LogP contribution is 2.30. The summed E-state index contributed by atoms with van der Waals surface area (Å²) in [7, 11) is 0. The quantitative estimate of drug-likeness (QED) is 0.766. The largest absolute Gasteiger partial charge is 0.458 e. The summed E-state index contributed by atoms with van der Waals surface area (Å²) >= 11 is 0. The van der Waals surface area contributed by atoms with Crippen molar-refractivity contribution >= 4 is 5.78 Å². The standard InChI is InChI=1S/C14H11F3O2/c1-8-7-10(14(15,16)17)4-5-11(8)13(18)12-6-3-9(2)19-12/h3-7H,1-2H3. The van der Waals surface area contributed by atoms with E-state index < -0.39 is 17.5 Å². The first kappa shape index (κ1) is 13.4. The molecule has 0 aliphatic carbocycles. The maximum Gasteiger partial charge on any atom is 0.416 e. The summed E-state index contributed by atoms with van der Waals surface area (Å²) in [6, 6.07) is 6.18. The second kappa shape index (κ2) is 4.57. The Morgan fingerprint density at radius 2 is 1.79 bits per heavy atom. The summed E-state index contributed by atoms with van der Waals surface area (Å²) in [5.74, 6) is 0.285. The van der Waals surface area contributed by atoms with Gasteiger partial charge < -0.3 is 4.42 Å². The summed E-state index contributed by atoms with van der Waals surface area (Å²) in [5, 5.41) is 0. The third-order valence-corrected chi connectivity index (χ3v) is 2.76. The van der Waals surface area contributed by atoms with Crippen LogP contribution >= 0.6 is 0 Å². The van der Waals surface area contributed by atoms with Crippen molar-refractivity contribution in [1.29, 1.82) is 0 Å². The van der Waals surface area contributed by atoms with Gasteiger partial charge in [-0.25, -0.2) is 0 Å². The first-order valence-electron chi connectivity index (χ1n) is 5.58. The molecule has 2 rings (SSSR count). The zero-order valence-electron chi connectivity index (χ0n) is 10.3. The minimum atomic E-state index is -4.41. The molecular weight excluding hydrogens is 257 g/mol. The summed E-state index contributed by atoms with van der Waals surface area (Å²) in [4.78, 5) is 12.1. The van der Waals surface area contributed by atoms with Gasteiger partial charge in [0.25, 0.3) is 0 Å². The maximum absolute atomic E-state index is 12.5. The van der Waals surface area contributed by atoms with Crippen LogP contribution in [0.1, 0.15) is 33.0 Å². The van der Waals surface area contributed by atoms with E-state index in [4.69, 9.17) is 4.42 Å². The highest BCUT2D eigenvalue weighted by molar-refractivity contribution is 6.08. The van der Waals surface area contributed by atoms with Gasteiger partial charge in [-0.3, -0.25) is 4.79 Å². The lowest BCUT2D eigenvalue weighted by molar-refractivity contribution is -0.137. The minimum Gasteiger partial charge on any atom is -0.458 e. The predicted molar refractivity (Wildman–Crippen MR) is 63.1 cm³/mol. The molecular formula is C14H11F3O2. The predicted octanol–water partition coefficient (Wildman–Crippen LogP) is 4.15. The van der Waals surface area contributed by atoms with Crippen LogP contribution in [0, 0.1) is 13.8 Å². The van der Waals surface area contributed by atoms with Gasteiger partial charge >= 0.3 is 6.18 Å². The molecule has 0 bridgehead atoms. The normalized spacial score (nSPS) is 11.6. The molecule has 0 spiro atoms. The summed E-state index contributed by atoms with van der Waals surface area (Å²) in [5.41, 5.74) is -0.284. The van der Waals surface area contributed by atoms with Crippen LogP contribution in [0.4, 0.5) is 13.2 Å². The van der Waals surface area contributed by atoms with Crippen LogP contribution in [0.15, 0.2) is 34.7 Å². The number of aryl methyl sites for hydroxylation is 2. The molecule has 1 heterocycles. The molecule has 0 radical (unpaired) electrons. The van der Waals surface area contributed by atoms with Crippen molar-refractivity contribution in [3.63, 3.8) is 0 Å². The van der Waals surface area contributed by atoms with Gasteiger partial charge in [0.1, 0.15) is 5.76 Å². The lowest BCUT2D eigenvalue weighted by Crippen LogP contribution is -2.08. The maximum atomic E-state index is 12.5. The number of ketones is 1. The van der Waals surface area contributed by atoms with Gasteiger partial charge in [0.05, 0.1) is 5.56 Å². The number of halogens is 3. The number of alkyl halides is 3. The topological polar surface area (TPSA) is 30.2 Å². The SMILES string of the molecule is Cc1ccc(C(=O)c2ccc(C(F)(F)F)cc2C)o1. The van der Waals surface area contributed by atoms with Crippen LogP contribution in [0.2, 0.25) is 0 Å². The molecule has 0 aliphatic heterocycles. The van der Waals surface area contributed by atoms with Crippen molar-refractivity contribution in [2.75, 3.05) is 0 Å². The molecule has 0 aliphatic rings. The van der Waals surface area contributed by atoms with E-state index in [2.05, 4.69) is 0 Å². The fourth-order valence-electron chi connectivity index (χ4n) is 1.78. The Labute approximate surface area is 107 Å². The summed E-state index contributed by atoms with van der Waals surface area (Å²) in [6.07, 6.45) is -4.41. The van der Waals surface area contributed by atoms with Crippen molar-refractivity contribution in [3.05, 3.63) is 58.5 Å². The molecule has 0 amide bonds. The van der Waals surface area contributed by atoms with Crippen molar-refractivity contribution < 1.29 is 22.4 Å². The molecule has 1 aromatic heterocycles. The van der Waals surface area contributed by atoms with E-state index in [1.165, 1.54) is 19.1 Å². The Hall–Kier alpha value is -2.04. The molecule has 5 heteroatoms. The van der Waals surface area contributed by atoms with Gasteiger partial charge in [0.15, 0.2) is 5.76 Å². The van der Waals surface area contributed by atoms with E-state index in [-0.39, 0.29) is 16.9 Å². The van der Waals surface area contributed by atoms with Crippen LogP contribution in [0.3, 0.4) is 0 Å². The second-order valence-corrected chi connectivity index (χ2v) is 4.27. The lowest BCUT2D eigenvalue weighted by atomic mass is 10.0. The molecule has 0 atom stereocenters. The van der Waals surface area contributed by atoms with Gasteiger partial charge in [-0.1, -0.05) is 6.07 Å². The first-order chi connectivity index (χ1) is 8.79. The minimum absolute atomic E-state index is 0.125. The van der Waals surface area contributed by atoms with Crippen molar-refractivity contribution in [1.82, 2.24) is 0 Å². The Kier molecular flexibility index (Phi) is 3.22. The fourth-order valence-corrected chi connectivity index (χ4v) is 1.78. The van der Waals surface area contributed by atoms with E-state index >= 15 is 0 Å². The highest BCUT2D eigenvalue weighted by Gasteiger charge is 2.31. The fraction of sp³-hybridized carbons (Fsp3) is 0.214. The molecule has 0 saturated heterocycles.